The van der Waals surface area contributed by atoms with Gasteiger partial charge in [-0.25, -0.2) is 0 Å². The summed E-state index contributed by atoms with van der Waals surface area (Å²) in [5, 5.41) is 2.95. The van der Waals surface area contributed by atoms with Crippen LogP contribution in [0.15, 0.2) is 12.1 Å². The fraction of sp³-hybridized carbons (Fsp3) is 0.652. The molecule has 3 rings (SSSR count). The summed E-state index contributed by atoms with van der Waals surface area (Å²) in [6, 6.07) is 3.66. The lowest BCUT2D eigenvalue weighted by atomic mass is 9.99. The van der Waals surface area contributed by atoms with Crippen LogP contribution >= 0.6 is 0 Å². The smallest absolute Gasteiger partial charge is 0.237 e. The van der Waals surface area contributed by atoms with Gasteiger partial charge in [0.25, 0.3) is 0 Å². The number of nitrogens with one attached hydrogen (secondary N) is 1. The predicted molar refractivity (Wildman–Crippen MR) is 114 cm³/mol. The number of hydrogen-bond donors (Lipinski definition) is 1. The Bertz CT molecular complexity index is 726. The Morgan fingerprint density at radius 2 is 1.76 bits per heavy atom. The van der Waals surface area contributed by atoms with Crippen LogP contribution in [-0.2, 0) is 16.1 Å². The number of methoxy groups -OCH3 is 1. The number of carbonyl (C=O) groups excluding carboxylic acids is 2. The Morgan fingerprint density at radius 1 is 1.07 bits per heavy atom. The van der Waals surface area contributed by atoms with Gasteiger partial charge in [0.2, 0.25) is 11.8 Å². The molecule has 0 spiro atoms. The van der Waals surface area contributed by atoms with Gasteiger partial charge < -0.3 is 15.0 Å². The molecular weight excluding hydrogens is 366 g/mol. The average Bonchev–Trinajstić information content (AvgIpc) is 2.68. The molecule has 0 radical (unpaired) electrons. The first-order chi connectivity index (χ1) is 14.0. The predicted octanol–water partition coefficient (Wildman–Crippen LogP) is 2.80. The van der Waals surface area contributed by atoms with E-state index in [1.165, 1.54) is 30.4 Å². The summed E-state index contributed by atoms with van der Waals surface area (Å²) < 4.78 is 5.42. The molecule has 1 aromatic rings. The highest BCUT2D eigenvalue weighted by atomic mass is 16.5. The van der Waals surface area contributed by atoms with E-state index in [4.69, 9.17) is 4.74 Å². The van der Waals surface area contributed by atoms with Crippen molar-refractivity contribution in [1.82, 2.24) is 15.1 Å². The van der Waals surface area contributed by atoms with Crippen molar-refractivity contribution in [2.75, 3.05) is 33.3 Å². The van der Waals surface area contributed by atoms with Crippen molar-refractivity contribution in [1.29, 1.82) is 0 Å². The lowest BCUT2D eigenvalue weighted by Crippen LogP contribution is -2.56. The van der Waals surface area contributed by atoms with Crippen LogP contribution in [0.1, 0.15) is 55.2 Å². The second-order valence-corrected chi connectivity index (χ2v) is 8.31. The van der Waals surface area contributed by atoms with Gasteiger partial charge >= 0.3 is 0 Å². The molecule has 29 heavy (non-hydrogen) atoms. The number of ether oxygens (including phenoxy) is 1. The largest absolute Gasteiger partial charge is 0.496 e. The maximum Gasteiger partial charge on any atom is 0.237 e. The van der Waals surface area contributed by atoms with Crippen LogP contribution in [0.2, 0.25) is 0 Å². The van der Waals surface area contributed by atoms with E-state index in [-0.39, 0.29) is 18.2 Å². The van der Waals surface area contributed by atoms with Crippen molar-refractivity contribution in [3.8, 4) is 5.75 Å². The third-order valence-corrected chi connectivity index (χ3v) is 6.46. The Balaban J connectivity index is 1.71. The van der Waals surface area contributed by atoms with E-state index in [1.54, 1.807) is 7.11 Å². The van der Waals surface area contributed by atoms with Crippen molar-refractivity contribution in [2.45, 2.75) is 65.0 Å². The highest BCUT2D eigenvalue weighted by Crippen LogP contribution is 2.26. The number of hydrogen-bond acceptors (Lipinski definition) is 4. The van der Waals surface area contributed by atoms with Crippen molar-refractivity contribution >= 4 is 11.8 Å². The minimum Gasteiger partial charge on any atom is -0.496 e. The SMILES string of the molecule is COc1ccc(CN2CCNC(=O)C2CC(=O)N2CCCCCCC2)c(C)c1C. The summed E-state index contributed by atoms with van der Waals surface area (Å²) in [7, 11) is 1.68. The third kappa shape index (κ3) is 5.30. The highest BCUT2D eigenvalue weighted by molar-refractivity contribution is 5.88. The zero-order chi connectivity index (χ0) is 20.8. The zero-order valence-electron chi connectivity index (χ0n) is 18.1. The molecule has 1 atom stereocenters. The summed E-state index contributed by atoms with van der Waals surface area (Å²) in [5.74, 6) is 0.965. The zero-order valence-corrected chi connectivity index (χ0v) is 18.1. The number of benzene rings is 1. The average molecular weight is 402 g/mol. The fourth-order valence-electron chi connectivity index (χ4n) is 4.43. The van der Waals surface area contributed by atoms with Crippen LogP contribution in [0.4, 0.5) is 0 Å². The first kappa shape index (κ1) is 21.6. The minimum absolute atomic E-state index is 0.0282. The molecular formula is C23H35N3O3. The van der Waals surface area contributed by atoms with Gasteiger partial charge in [-0.05, 0) is 49.4 Å². The van der Waals surface area contributed by atoms with Gasteiger partial charge in [-0.15, -0.1) is 0 Å². The molecule has 6 nitrogen and oxygen atoms in total. The monoisotopic (exact) mass is 401 g/mol. The third-order valence-electron chi connectivity index (χ3n) is 6.46. The molecule has 2 aliphatic heterocycles. The van der Waals surface area contributed by atoms with E-state index in [0.717, 1.165) is 43.8 Å². The lowest BCUT2D eigenvalue weighted by Gasteiger charge is -2.36. The molecule has 2 fully saturated rings. The van der Waals surface area contributed by atoms with Crippen LogP contribution in [0.3, 0.4) is 0 Å². The van der Waals surface area contributed by atoms with Crippen molar-refractivity contribution in [3.05, 3.63) is 28.8 Å². The Kier molecular flexibility index (Phi) is 7.53. The number of rotatable bonds is 5. The number of likely N-dealkylation sites (tertiary alicyclic amines) is 1. The van der Waals surface area contributed by atoms with Crippen molar-refractivity contribution in [3.63, 3.8) is 0 Å². The van der Waals surface area contributed by atoms with E-state index >= 15 is 0 Å². The summed E-state index contributed by atoms with van der Waals surface area (Å²) >= 11 is 0. The normalized spacial score (nSPS) is 21.3. The van der Waals surface area contributed by atoms with E-state index in [9.17, 15) is 9.59 Å². The summed E-state index contributed by atoms with van der Waals surface area (Å²) in [4.78, 5) is 29.8. The Hall–Kier alpha value is -2.08. The molecule has 1 aromatic carbocycles. The summed E-state index contributed by atoms with van der Waals surface area (Å²) in [6.07, 6.45) is 6.04. The first-order valence-electron chi connectivity index (χ1n) is 10.9. The molecule has 2 saturated heterocycles. The molecule has 0 aromatic heterocycles. The molecule has 0 saturated carbocycles. The van der Waals surface area contributed by atoms with E-state index in [0.29, 0.717) is 13.1 Å². The van der Waals surface area contributed by atoms with Gasteiger partial charge in [-0.3, -0.25) is 14.5 Å². The Morgan fingerprint density at radius 3 is 2.45 bits per heavy atom. The second kappa shape index (κ2) is 10.1. The van der Waals surface area contributed by atoms with Crippen LogP contribution in [0.5, 0.6) is 5.75 Å². The molecule has 2 amide bonds. The maximum absolute atomic E-state index is 13.0. The van der Waals surface area contributed by atoms with Gasteiger partial charge in [0, 0.05) is 32.7 Å². The molecule has 2 heterocycles. The van der Waals surface area contributed by atoms with E-state index < -0.39 is 6.04 Å². The highest BCUT2D eigenvalue weighted by Gasteiger charge is 2.33. The fourth-order valence-corrected chi connectivity index (χ4v) is 4.43. The van der Waals surface area contributed by atoms with E-state index in [1.807, 2.05) is 11.0 Å². The molecule has 1 unspecified atom stereocenters. The number of piperazine rings is 1. The summed E-state index contributed by atoms with van der Waals surface area (Å²) in [5.41, 5.74) is 3.49. The molecule has 1 N–H and O–H groups in total. The van der Waals surface area contributed by atoms with Crippen LogP contribution in [-0.4, -0.2) is 60.9 Å². The molecule has 6 heteroatoms. The topological polar surface area (TPSA) is 61.9 Å². The second-order valence-electron chi connectivity index (χ2n) is 8.31. The van der Waals surface area contributed by atoms with Crippen LogP contribution in [0.25, 0.3) is 0 Å². The Labute approximate surface area is 174 Å². The first-order valence-corrected chi connectivity index (χ1v) is 10.9. The molecule has 0 bridgehead atoms. The van der Waals surface area contributed by atoms with Crippen molar-refractivity contribution < 1.29 is 14.3 Å². The number of amides is 2. The maximum atomic E-state index is 13.0. The van der Waals surface area contributed by atoms with Gasteiger partial charge in [0.05, 0.1) is 19.6 Å². The van der Waals surface area contributed by atoms with Crippen LogP contribution < -0.4 is 10.1 Å². The molecule has 160 valence electrons. The van der Waals surface area contributed by atoms with Gasteiger partial charge in [-0.1, -0.05) is 25.3 Å². The lowest BCUT2D eigenvalue weighted by molar-refractivity contribution is -0.139. The number of carbonyl (C=O) groups is 2. The van der Waals surface area contributed by atoms with Crippen LogP contribution in [0, 0.1) is 13.8 Å². The number of nitrogens with zero attached hydrogens (tertiary/aromatic N) is 2. The quantitative estimate of drug-likeness (QED) is 0.824. The minimum atomic E-state index is -0.400. The molecule has 2 aliphatic rings. The molecule has 0 aliphatic carbocycles. The standard InChI is InChI=1S/C23H35N3O3/c1-17-18(2)21(29-3)10-9-19(17)16-26-14-11-24-23(28)20(26)15-22(27)25-12-7-5-4-6-8-13-25/h9-10,20H,4-8,11-16H2,1-3H3,(H,24,28). The van der Waals surface area contributed by atoms with Crippen molar-refractivity contribution in [2.24, 2.45) is 0 Å². The van der Waals surface area contributed by atoms with E-state index in [2.05, 4.69) is 30.1 Å². The van der Waals surface area contributed by atoms with Gasteiger partial charge in [-0.2, -0.15) is 0 Å². The summed E-state index contributed by atoms with van der Waals surface area (Å²) in [6.45, 7) is 7.85. The van der Waals surface area contributed by atoms with Gasteiger partial charge in [0.15, 0.2) is 0 Å². The van der Waals surface area contributed by atoms with Gasteiger partial charge in [0.1, 0.15) is 5.75 Å².